The molecular weight excluding hydrogens is 244 g/mol. The quantitative estimate of drug-likeness (QED) is 0.601. The van der Waals surface area contributed by atoms with Crippen molar-refractivity contribution in [3.63, 3.8) is 0 Å². The van der Waals surface area contributed by atoms with E-state index in [0.717, 1.165) is 4.34 Å². The van der Waals surface area contributed by atoms with E-state index in [1.165, 1.54) is 23.1 Å². The summed E-state index contributed by atoms with van der Waals surface area (Å²) in [6, 6.07) is 0. The number of nitrogens with zero attached hydrogens (tertiary/aromatic N) is 2. The van der Waals surface area contributed by atoms with Gasteiger partial charge < -0.3 is 4.74 Å². The Kier molecular flexibility index (Phi) is 4.73. The minimum absolute atomic E-state index is 0.207. The van der Waals surface area contributed by atoms with E-state index in [1.54, 1.807) is 5.51 Å². The molecule has 1 heterocycles. The maximum atomic E-state index is 11.8. The molecule has 0 saturated heterocycles. The molecule has 0 fully saturated rings. The van der Waals surface area contributed by atoms with Gasteiger partial charge in [-0.3, -0.25) is 4.79 Å². The summed E-state index contributed by atoms with van der Waals surface area (Å²) in [6.07, 6.45) is 0. The highest BCUT2D eigenvalue weighted by Gasteiger charge is 2.32. The van der Waals surface area contributed by atoms with Crippen molar-refractivity contribution in [1.82, 2.24) is 10.2 Å². The van der Waals surface area contributed by atoms with Crippen molar-refractivity contribution >= 4 is 29.1 Å². The van der Waals surface area contributed by atoms with Gasteiger partial charge in [0.25, 0.3) is 0 Å². The zero-order valence-electron chi connectivity index (χ0n) is 9.89. The van der Waals surface area contributed by atoms with Crippen molar-refractivity contribution in [1.29, 1.82) is 0 Å². The predicted molar refractivity (Wildman–Crippen MR) is 65.6 cm³/mol. The van der Waals surface area contributed by atoms with E-state index < -0.39 is 4.75 Å². The molecule has 0 aliphatic heterocycles. The van der Waals surface area contributed by atoms with Crippen LogP contribution in [0.5, 0.6) is 0 Å². The van der Waals surface area contributed by atoms with Crippen molar-refractivity contribution < 1.29 is 9.53 Å². The number of carbonyl (C=O) groups is 1. The molecule has 1 aromatic rings. The second kappa shape index (κ2) is 5.63. The molecule has 0 unspecified atom stereocenters. The van der Waals surface area contributed by atoms with Crippen LogP contribution in [0.15, 0.2) is 9.85 Å². The average Bonchev–Trinajstić information content (AvgIpc) is 2.65. The van der Waals surface area contributed by atoms with Gasteiger partial charge in [0.15, 0.2) is 4.34 Å². The lowest BCUT2D eigenvalue weighted by Crippen LogP contribution is -2.31. The fourth-order valence-electron chi connectivity index (χ4n) is 0.884. The van der Waals surface area contributed by atoms with E-state index in [2.05, 4.69) is 10.2 Å². The van der Waals surface area contributed by atoms with Gasteiger partial charge in [-0.1, -0.05) is 36.9 Å². The number of hydrogen-bond donors (Lipinski definition) is 0. The predicted octanol–water partition coefficient (Wildman–Crippen LogP) is 2.61. The Morgan fingerprint density at radius 1 is 1.62 bits per heavy atom. The number of rotatable bonds is 5. The second-order valence-corrected chi connectivity index (χ2v) is 7.01. The molecule has 0 spiro atoms. The Labute approximate surface area is 104 Å². The molecule has 0 aliphatic rings. The number of aromatic nitrogens is 2. The van der Waals surface area contributed by atoms with Crippen LogP contribution in [0.2, 0.25) is 0 Å². The summed E-state index contributed by atoms with van der Waals surface area (Å²) < 4.78 is 5.38. The molecule has 16 heavy (non-hydrogen) atoms. The zero-order valence-corrected chi connectivity index (χ0v) is 11.5. The molecule has 0 aromatic carbocycles. The largest absolute Gasteiger partial charge is 0.464 e. The molecule has 0 saturated carbocycles. The highest BCUT2D eigenvalue weighted by atomic mass is 32.2. The molecule has 0 bridgehead atoms. The third-order valence-electron chi connectivity index (χ3n) is 1.72. The topological polar surface area (TPSA) is 52.1 Å². The fourth-order valence-corrected chi connectivity index (χ4v) is 2.78. The summed E-state index contributed by atoms with van der Waals surface area (Å²) in [6.45, 7) is 8.15. The van der Waals surface area contributed by atoms with Crippen LogP contribution in [-0.2, 0) is 9.53 Å². The summed E-state index contributed by atoms with van der Waals surface area (Å²) in [5.74, 6) is 0.146. The number of ether oxygens (including phenoxy) is 1. The first-order chi connectivity index (χ1) is 7.42. The van der Waals surface area contributed by atoms with Gasteiger partial charge in [0.2, 0.25) is 0 Å². The summed E-state index contributed by atoms with van der Waals surface area (Å²) in [5, 5.41) is 7.64. The Morgan fingerprint density at radius 2 is 2.31 bits per heavy atom. The van der Waals surface area contributed by atoms with Gasteiger partial charge in [-0.25, -0.2) is 0 Å². The molecule has 0 aliphatic carbocycles. The Hall–Kier alpha value is -0.620. The van der Waals surface area contributed by atoms with E-state index in [-0.39, 0.29) is 5.97 Å². The van der Waals surface area contributed by atoms with E-state index in [4.69, 9.17) is 4.74 Å². The Morgan fingerprint density at radius 3 is 2.81 bits per heavy atom. The fraction of sp³-hybridized carbons (Fsp3) is 0.700. The molecule has 6 heteroatoms. The van der Waals surface area contributed by atoms with Crippen LogP contribution in [0.1, 0.15) is 27.7 Å². The third-order valence-corrected chi connectivity index (χ3v) is 3.68. The number of thioether (sulfide) groups is 1. The smallest absolute Gasteiger partial charge is 0.322 e. The Bertz CT molecular complexity index is 337. The van der Waals surface area contributed by atoms with E-state index in [9.17, 15) is 4.79 Å². The summed E-state index contributed by atoms with van der Waals surface area (Å²) >= 11 is 2.81. The number of carbonyl (C=O) groups excluding carboxylic acids is 1. The lowest BCUT2D eigenvalue weighted by atomic mass is 10.2. The van der Waals surface area contributed by atoms with E-state index >= 15 is 0 Å². The van der Waals surface area contributed by atoms with Gasteiger partial charge in [-0.2, -0.15) is 0 Å². The van der Waals surface area contributed by atoms with Gasteiger partial charge in [0, 0.05) is 0 Å². The van der Waals surface area contributed by atoms with Gasteiger partial charge in [-0.05, 0) is 19.8 Å². The number of esters is 1. The van der Waals surface area contributed by atoms with Crippen molar-refractivity contribution in [3.8, 4) is 0 Å². The third kappa shape index (κ3) is 4.09. The molecule has 0 atom stereocenters. The molecule has 1 rings (SSSR count). The van der Waals surface area contributed by atoms with Gasteiger partial charge in [0.05, 0.1) is 6.61 Å². The lowest BCUT2D eigenvalue weighted by Gasteiger charge is -2.20. The maximum Gasteiger partial charge on any atom is 0.322 e. The summed E-state index contributed by atoms with van der Waals surface area (Å²) in [7, 11) is 0. The summed E-state index contributed by atoms with van der Waals surface area (Å²) in [5.41, 5.74) is 1.65. The minimum atomic E-state index is -0.617. The van der Waals surface area contributed by atoms with E-state index in [0.29, 0.717) is 12.5 Å². The van der Waals surface area contributed by atoms with Crippen molar-refractivity contribution in [3.05, 3.63) is 5.51 Å². The molecule has 90 valence electrons. The van der Waals surface area contributed by atoms with Crippen molar-refractivity contribution in [2.75, 3.05) is 6.61 Å². The highest BCUT2D eigenvalue weighted by molar-refractivity contribution is 8.02. The van der Waals surface area contributed by atoms with Crippen LogP contribution >= 0.6 is 23.1 Å². The van der Waals surface area contributed by atoms with Crippen molar-refractivity contribution in [2.24, 2.45) is 5.92 Å². The standard InChI is InChI=1S/C10H16N2O2S2/c1-7(2)5-14-8(13)10(3,4)16-9-12-11-6-15-9/h6-7H,5H2,1-4H3. The van der Waals surface area contributed by atoms with Crippen LogP contribution in [0.3, 0.4) is 0 Å². The highest BCUT2D eigenvalue weighted by Crippen LogP contribution is 2.34. The van der Waals surface area contributed by atoms with Crippen molar-refractivity contribution in [2.45, 2.75) is 36.8 Å². The van der Waals surface area contributed by atoms with Gasteiger partial charge >= 0.3 is 5.97 Å². The Balaban J connectivity index is 2.52. The van der Waals surface area contributed by atoms with Gasteiger partial charge in [-0.15, -0.1) is 10.2 Å². The zero-order chi connectivity index (χ0) is 12.2. The minimum Gasteiger partial charge on any atom is -0.464 e. The van der Waals surface area contributed by atoms with E-state index in [1.807, 2.05) is 27.7 Å². The second-order valence-electron chi connectivity index (χ2n) is 4.31. The average molecular weight is 260 g/mol. The molecule has 4 nitrogen and oxygen atoms in total. The van der Waals surface area contributed by atoms with Crippen LogP contribution in [0, 0.1) is 5.92 Å². The first kappa shape index (κ1) is 13.4. The number of hydrogen-bond acceptors (Lipinski definition) is 6. The molecule has 0 radical (unpaired) electrons. The maximum absolute atomic E-state index is 11.8. The lowest BCUT2D eigenvalue weighted by molar-refractivity contribution is -0.146. The van der Waals surface area contributed by atoms with Crippen LogP contribution in [0.25, 0.3) is 0 Å². The first-order valence-electron chi connectivity index (χ1n) is 5.04. The summed E-state index contributed by atoms with van der Waals surface area (Å²) in [4.78, 5) is 11.8. The molecular formula is C10H16N2O2S2. The monoisotopic (exact) mass is 260 g/mol. The normalized spacial score (nSPS) is 11.8. The van der Waals surface area contributed by atoms with Crippen LogP contribution in [-0.4, -0.2) is 27.5 Å². The van der Waals surface area contributed by atoms with Crippen LogP contribution < -0.4 is 0 Å². The molecule has 0 N–H and O–H groups in total. The molecule has 0 amide bonds. The first-order valence-corrected chi connectivity index (χ1v) is 6.74. The molecule has 1 aromatic heterocycles. The SMILES string of the molecule is CC(C)COC(=O)C(C)(C)Sc1nncs1. The van der Waals surface area contributed by atoms with Crippen LogP contribution in [0.4, 0.5) is 0 Å². The van der Waals surface area contributed by atoms with Gasteiger partial charge in [0.1, 0.15) is 10.3 Å².